The van der Waals surface area contributed by atoms with Crippen molar-refractivity contribution in [2.75, 3.05) is 6.54 Å². The third-order valence-electron chi connectivity index (χ3n) is 3.82. The quantitative estimate of drug-likeness (QED) is 0.773. The Balaban J connectivity index is 2.34. The number of carbonyl (C=O) groups excluding carboxylic acids is 1. The van der Waals surface area contributed by atoms with Crippen molar-refractivity contribution in [2.45, 2.75) is 49.0 Å². The molecule has 0 radical (unpaired) electrons. The zero-order valence-electron chi connectivity index (χ0n) is 14.4. The molecule has 7 nitrogen and oxygen atoms in total. The molecule has 1 aliphatic rings. The van der Waals surface area contributed by atoms with Crippen molar-refractivity contribution in [1.29, 1.82) is 0 Å². The molecule has 1 N–H and O–H groups in total. The summed E-state index contributed by atoms with van der Waals surface area (Å²) in [6, 6.07) is 1.50. The second-order valence-corrected chi connectivity index (χ2v) is 9.57. The lowest BCUT2D eigenvalue weighted by Gasteiger charge is -2.26. The van der Waals surface area contributed by atoms with Gasteiger partial charge >= 0.3 is 12.1 Å². The molecule has 1 heterocycles. The number of halogens is 2. The van der Waals surface area contributed by atoms with Crippen LogP contribution in [0.25, 0.3) is 0 Å². The molecular weight excluding hydrogens is 389 g/mol. The number of rotatable bonds is 3. The van der Waals surface area contributed by atoms with E-state index >= 15 is 0 Å². The lowest BCUT2D eigenvalue weighted by molar-refractivity contribution is -0.142. The van der Waals surface area contributed by atoms with E-state index in [0.717, 1.165) is 23.1 Å². The number of amides is 1. The van der Waals surface area contributed by atoms with E-state index in [0.29, 0.717) is 0 Å². The molecule has 2 rings (SSSR count). The van der Waals surface area contributed by atoms with Gasteiger partial charge in [0, 0.05) is 6.54 Å². The van der Waals surface area contributed by atoms with Crippen LogP contribution >= 0.6 is 11.6 Å². The Morgan fingerprint density at radius 1 is 1.35 bits per heavy atom. The number of carboxylic acid groups (broad SMARTS) is 1. The largest absolute Gasteiger partial charge is 0.480 e. The van der Waals surface area contributed by atoms with Crippen LogP contribution in [0.4, 0.5) is 9.18 Å². The first kappa shape index (κ1) is 20.4. The van der Waals surface area contributed by atoms with Gasteiger partial charge in [-0.3, -0.25) is 4.90 Å². The Labute approximate surface area is 155 Å². The van der Waals surface area contributed by atoms with Gasteiger partial charge in [-0.05, 0) is 45.4 Å². The number of hydrogen-bond acceptors (Lipinski definition) is 5. The van der Waals surface area contributed by atoms with E-state index in [2.05, 4.69) is 0 Å². The van der Waals surface area contributed by atoms with Crippen molar-refractivity contribution in [3.8, 4) is 0 Å². The summed E-state index contributed by atoms with van der Waals surface area (Å²) in [6.07, 6.45) is -1.22. The number of carboxylic acids is 1. The van der Waals surface area contributed by atoms with Crippen molar-refractivity contribution in [2.24, 2.45) is 0 Å². The molecule has 0 saturated carbocycles. The maximum atomic E-state index is 13.2. The Kier molecular flexibility index (Phi) is 5.53. The number of likely N-dealkylation sites (tertiary alicyclic amines) is 1. The Bertz CT molecular complexity index is 836. The van der Waals surface area contributed by atoms with E-state index < -0.39 is 44.6 Å². The third kappa shape index (κ3) is 4.27. The first-order valence-electron chi connectivity index (χ1n) is 7.74. The lowest BCUT2D eigenvalue weighted by Crippen LogP contribution is -2.43. The summed E-state index contributed by atoms with van der Waals surface area (Å²) >= 11 is 5.84. The van der Waals surface area contributed by atoms with Crippen LogP contribution in [0.15, 0.2) is 23.1 Å². The van der Waals surface area contributed by atoms with E-state index in [9.17, 15) is 27.5 Å². The zero-order valence-corrected chi connectivity index (χ0v) is 16.0. The van der Waals surface area contributed by atoms with Gasteiger partial charge in [-0.1, -0.05) is 11.6 Å². The number of hydrogen-bond donors (Lipinski definition) is 1. The van der Waals surface area contributed by atoms with Gasteiger partial charge in [-0.2, -0.15) is 0 Å². The molecule has 0 aliphatic carbocycles. The lowest BCUT2D eigenvalue weighted by atomic mass is 10.2. The first-order chi connectivity index (χ1) is 11.8. The van der Waals surface area contributed by atoms with Gasteiger partial charge in [0.2, 0.25) is 0 Å². The van der Waals surface area contributed by atoms with Crippen LogP contribution in [0, 0.1) is 5.82 Å². The highest BCUT2D eigenvalue weighted by molar-refractivity contribution is 7.92. The van der Waals surface area contributed by atoms with Gasteiger partial charge in [0.05, 0.1) is 15.2 Å². The fourth-order valence-corrected chi connectivity index (χ4v) is 4.89. The molecule has 1 aromatic rings. The molecule has 1 aromatic carbocycles. The highest BCUT2D eigenvalue weighted by Gasteiger charge is 2.47. The molecule has 0 spiro atoms. The SMILES string of the molecule is CC(C)(C)OC(=O)N1C[C@H](S(=O)(=O)c2ccc(F)cc2Cl)C[C@H]1C(=O)O. The topological polar surface area (TPSA) is 101 Å². The van der Waals surface area contributed by atoms with E-state index in [1.54, 1.807) is 20.8 Å². The summed E-state index contributed by atoms with van der Waals surface area (Å²) in [6.45, 7) is 4.48. The van der Waals surface area contributed by atoms with E-state index in [1.165, 1.54) is 0 Å². The molecule has 1 saturated heterocycles. The van der Waals surface area contributed by atoms with Crippen LogP contribution in [0.5, 0.6) is 0 Å². The standard InChI is InChI=1S/C16H19ClFNO6S/c1-16(2,3)25-15(22)19-8-10(7-12(19)14(20)21)26(23,24)13-5-4-9(18)6-11(13)17/h4-6,10,12H,7-8H2,1-3H3,(H,20,21)/t10-,12+/m1/s1. The molecule has 0 bridgehead atoms. The minimum absolute atomic E-state index is 0.299. The van der Waals surface area contributed by atoms with Crippen molar-refractivity contribution in [3.05, 3.63) is 29.0 Å². The summed E-state index contributed by atoms with van der Waals surface area (Å²) < 4.78 is 44.0. The highest BCUT2D eigenvalue weighted by Crippen LogP contribution is 2.32. The summed E-state index contributed by atoms with van der Waals surface area (Å²) in [5.41, 5.74) is -0.864. The highest BCUT2D eigenvalue weighted by atomic mass is 35.5. The minimum atomic E-state index is -4.07. The van der Waals surface area contributed by atoms with E-state index in [4.69, 9.17) is 16.3 Å². The number of nitrogens with zero attached hydrogens (tertiary/aromatic N) is 1. The molecule has 1 amide bonds. The number of ether oxygens (including phenoxy) is 1. The van der Waals surface area contributed by atoms with Gasteiger partial charge in [-0.15, -0.1) is 0 Å². The van der Waals surface area contributed by atoms with Gasteiger partial charge < -0.3 is 9.84 Å². The molecule has 2 atom stereocenters. The smallest absolute Gasteiger partial charge is 0.411 e. The predicted octanol–water partition coefficient (Wildman–Crippen LogP) is 2.72. The fourth-order valence-electron chi connectivity index (χ4n) is 2.66. The monoisotopic (exact) mass is 407 g/mol. The van der Waals surface area contributed by atoms with Crippen LogP contribution in [-0.2, 0) is 19.4 Å². The summed E-state index contributed by atoms with van der Waals surface area (Å²) in [4.78, 5) is 24.3. The molecule has 10 heteroatoms. The third-order valence-corrected chi connectivity index (χ3v) is 6.43. The zero-order chi connectivity index (χ0) is 19.9. The summed E-state index contributed by atoms with van der Waals surface area (Å²) in [5.74, 6) is -2.03. The molecule has 1 fully saturated rings. The van der Waals surface area contributed by atoms with Crippen molar-refractivity contribution in [1.82, 2.24) is 4.90 Å². The van der Waals surface area contributed by atoms with Crippen molar-refractivity contribution < 1.29 is 32.2 Å². The van der Waals surface area contributed by atoms with Crippen LogP contribution < -0.4 is 0 Å². The summed E-state index contributed by atoms with van der Waals surface area (Å²) in [5, 5.41) is 7.86. The van der Waals surface area contributed by atoms with Crippen LogP contribution in [0.3, 0.4) is 0 Å². The molecular formula is C16H19ClFNO6S. The van der Waals surface area contributed by atoms with E-state index in [1.807, 2.05) is 0 Å². The van der Waals surface area contributed by atoms with Crippen LogP contribution in [0.1, 0.15) is 27.2 Å². The number of carbonyl (C=O) groups is 2. The Morgan fingerprint density at radius 3 is 2.46 bits per heavy atom. The van der Waals surface area contributed by atoms with Crippen LogP contribution in [0.2, 0.25) is 5.02 Å². The average Bonchev–Trinajstić information content (AvgIpc) is 2.91. The second-order valence-electron chi connectivity index (χ2n) is 6.96. The molecule has 0 unspecified atom stereocenters. The van der Waals surface area contributed by atoms with Crippen molar-refractivity contribution in [3.63, 3.8) is 0 Å². The van der Waals surface area contributed by atoms with Gasteiger partial charge in [0.15, 0.2) is 9.84 Å². The average molecular weight is 408 g/mol. The summed E-state index contributed by atoms with van der Waals surface area (Å²) in [7, 11) is -4.07. The van der Waals surface area contributed by atoms with E-state index in [-0.39, 0.29) is 22.9 Å². The Hall–Kier alpha value is -1.87. The Morgan fingerprint density at radius 2 is 1.96 bits per heavy atom. The normalized spacial score (nSPS) is 20.9. The second kappa shape index (κ2) is 7.03. The number of sulfone groups is 1. The molecule has 1 aliphatic heterocycles. The minimum Gasteiger partial charge on any atom is -0.480 e. The molecule has 0 aromatic heterocycles. The molecule has 144 valence electrons. The molecule has 26 heavy (non-hydrogen) atoms. The first-order valence-corrected chi connectivity index (χ1v) is 9.66. The number of benzene rings is 1. The van der Waals surface area contributed by atoms with Crippen LogP contribution in [-0.4, -0.2) is 53.9 Å². The van der Waals surface area contributed by atoms with Gasteiger partial charge in [0.25, 0.3) is 0 Å². The predicted molar refractivity (Wildman–Crippen MR) is 91.4 cm³/mol. The van der Waals surface area contributed by atoms with Crippen molar-refractivity contribution >= 4 is 33.5 Å². The van der Waals surface area contributed by atoms with Gasteiger partial charge in [0.1, 0.15) is 17.5 Å². The number of aliphatic carboxylic acids is 1. The maximum absolute atomic E-state index is 13.2. The maximum Gasteiger partial charge on any atom is 0.411 e. The van der Waals surface area contributed by atoms with Gasteiger partial charge in [-0.25, -0.2) is 22.4 Å². The fraction of sp³-hybridized carbons (Fsp3) is 0.500.